The number of ether oxygens (including phenoxy) is 6. The van der Waals surface area contributed by atoms with E-state index in [0.29, 0.717) is 17.1 Å². The zero-order chi connectivity index (χ0) is 28.0. The number of carbonyl (C=O) groups is 4. The molecule has 0 saturated heterocycles. The highest BCUT2D eigenvalue weighted by Gasteiger charge is 2.60. The van der Waals surface area contributed by atoms with E-state index in [-0.39, 0.29) is 12.8 Å². The van der Waals surface area contributed by atoms with Crippen LogP contribution in [0.4, 0.5) is 0 Å². The summed E-state index contributed by atoms with van der Waals surface area (Å²) in [4.78, 5) is 52.4. The number of methoxy groups -OCH3 is 6. The topological polar surface area (TPSA) is 124 Å². The molecule has 1 aliphatic rings. The van der Waals surface area contributed by atoms with Crippen LogP contribution in [-0.4, -0.2) is 66.5 Å². The lowest BCUT2D eigenvalue weighted by Gasteiger charge is -2.44. The van der Waals surface area contributed by atoms with Crippen LogP contribution in [0, 0.1) is 11.3 Å². The highest BCUT2D eigenvalue weighted by molar-refractivity contribution is 6.02. The Morgan fingerprint density at radius 1 is 0.737 bits per heavy atom. The monoisotopic (exact) mass is 528 g/mol. The zero-order valence-corrected chi connectivity index (χ0v) is 22.3. The van der Waals surface area contributed by atoms with Crippen molar-refractivity contribution in [1.29, 1.82) is 0 Å². The van der Waals surface area contributed by atoms with Crippen LogP contribution in [0.3, 0.4) is 0 Å². The fourth-order valence-electron chi connectivity index (χ4n) is 5.31. The van der Waals surface area contributed by atoms with Gasteiger partial charge in [-0.3, -0.25) is 19.2 Å². The molecule has 1 aliphatic carbocycles. The second-order valence-electron chi connectivity index (χ2n) is 8.87. The largest absolute Gasteiger partial charge is 0.497 e. The first-order valence-corrected chi connectivity index (χ1v) is 11.9. The summed E-state index contributed by atoms with van der Waals surface area (Å²) in [7, 11) is 7.72. The van der Waals surface area contributed by atoms with Crippen molar-refractivity contribution in [1.82, 2.24) is 0 Å². The molecule has 0 saturated carbocycles. The van der Waals surface area contributed by atoms with E-state index in [4.69, 9.17) is 28.4 Å². The molecule has 0 aliphatic heterocycles. The van der Waals surface area contributed by atoms with Gasteiger partial charge in [-0.25, -0.2) is 0 Å². The van der Waals surface area contributed by atoms with Gasteiger partial charge in [0.2, 0.25) is 0 Å². The molecule has 0 aromatic heterocycles. The third-order valence-electron chi connectivity index (χ3n) is 7.23. The Bertz CT molecular complexity index is 1150. The maximum absolute atomic E-state index is 13.6. The Morgan fingerprint density at radius 3 is 1.74 bits per heavy atom. The van der Waals surface area contributed by atoms with Crippen molar-refractivity contribution in [2.75, 3.05) is 42.7 Å². The predicted octanol–water partition coefficient (Wildman–Crippen LogP) is 3.01. The van der Waals surface area contributed by atoms with Crippen molar-refractivity contribution in [3.63, 3.8) is 0 Å². The molecule has 3 rings (SSSR count). The molecule has 204 valence electrons. The molecule has 10 nitrogen and oxygen atoms in total. The fourth-order valence-corrected chi connectivity index (χ4v) is 5.31. The predicted molar refractivity (Wildman–Crippen MR) is 134 cm³/mol. The lowest BCUT2D eigenvalue weighted by molar-refractivity contribution is -0.175. The van der Waals surface area contributed by atoms with Crippen molar-refractivity contribution in [3.05, 3.63) is 59.2 Å². The Morgan fingerprint density at radius 2 is 1.26 bits per heavy atom. The summed E-state index contributed by atoms with van der Waals surface area (Å²) in [5, 5.41) is 0. The molecular weight excluding hydrogens is 496 g/mol. The Kier molecular flexibility index (Phi) is 8.98. The van der Waals surface area contributed by atoms with E-state index in [1.165, 1.54) is 21.3 Å². The maximum Gasteiger partial charge on any atom is 0.323 e. The normalized spacial score (nSPS) is 17.6. The van der Waals surface area contributed by atoms with Gasteiger partial charge >= 0.3 is 23.9 Å². The molecule has 38 heavy (non-hydrogen) atoms. The SMILES string of the molecule is COC(=O)C(CC1c2ccc(OC)cc2[C@@H](c2ccc(OC)cc2)CC1(C(=O)OC)C(=O)OC)C(=O)OC. The smallest absolute Gasteiger partial charge is 0.323 e. The minimum atomic E-state index is -1.89. The first kappa shape index (κ1) is 28.5. The number of hydrogen-bond donors (Lipinski definition) is 0. The van der Waals surface area contributed by atoms with Crippen LogP contribution in [0.5, 0.6) is 11.5 Å². The molecule has 0 amide bonds. The highest BCUT2D eigenvalue weighted by Crippen LogP contribution is 2.56. The van der Waals surface area contributed by atoms with E-state index in [9.17, 15) is 19.2 Å². The molecule has 10 heteroatoms. The Hall–Kier alpha value is -4.08. The maximum atomic E-state index is 13.6. The van der Waals surface area contributed by atoms with Crippen LogP contribution < -0.4 is 9.47 Å². The number of carbonyl (C=O) groups excluding carboxylic acids is 4. The van der Waals surface area contributed by atoms with E-state index in [1.54, 1.807) is 31.4 Å². The second-order valence-corrected chi connectivity index (χ2v) is 8.87. The van der Waals surface area contributed by atoms with Crippen molar-refractivity contribution in [3.8, 4) is 11.5 Å². The average Bonchev–Trinajstić information content (AvgIpc) is 2.97. The van der Waals surface area contributed by atoms with Gasteiger partial charge in [-0.15, -0.1) is 0 Å². The molecule has 2 atom stereocenters. The molecule has 0 spiro atoms. The molecule has 0 bridgehead atoms. The van der Waals surface area contributed by atoms with Crippen LogP contribution in [-0.2, 0) is 38.1 Å². The molecule has 2 aromatic carbocycles. The summed E-state index contributed by atoms with van der Waals surface area (Å²) in [6.45, 7) is 0. The van der Waals surface area contributed by atoms with Crippen LogP contribution in [0.25, 0.3) is 0 Å². The minimum Gasteiger partial charge on any atom is -0.497 e. The van der Waals surface area contributed by atoms with Gasteiger partial charge in [-0.2, -0.15) is 0 Å². The number of esters is 4. The van der Waals surface area contributed by atoms with Gasteiger partial charge in [-0.1, -0.05) is 18.2 Å². The highest BCUT2D eigenvalue weighted by atomic mass is 16.6. The summed E-state index contributed by atoms with van der Waals surface area (Å²) >= 11 is 0. The van der Waals surface area contributed by atoms with Gasteiger partial charge in [0.05, 0.1) is 42.7 Å². The number of benzene rings is 2. The Balaban J connectivity index is 2.34. The average molecular weight is 529 g/mol. The third-order valence-corrected chi connectivity index (χ3v) is 7.23. The molecular formula is C28H32O10. The number of hydrogen-bond acceptors (Lipinski definition) is 10. The molecule has 2 aromatic rings. The summed E-state index contributed by atoms with van der Waals surface area (Å²) in [6, 6.07) is 12.5. The minimum absolute atomic E-state index is 0.0570. The van der Waals surface area contributed by atoms with Crippen LogP contribution >= 0.6 is 0 Å². The van der Waals surface area contributed by atoms with E-state index in [0.717, 1.165) is 25.3 Å². The summed E-state index contributed by atoms with van der Waals surface area (Å²) < 4.78 is 30.8. The van der Waals surface area contributed by atoms with Crippen LogP contribution in [0.15, 0.2) is 42.5 Å². The third kappa shape index (κ3) is 5.03. The Labute approximate surface area is 221 Å². The van der Waals surface area contributed by atoms with Crippen molar-refractivity contribution in [2.24, 2.45) is 11.3 Å². The molecule has 0 fully saturated rings. The van der Waals surface area contributed by atoms with Crippen molar-refractivity contribution in [2.45, 2.75) is 24.7 Å². The van der Waals surface area contributed by atoms with Crippen LogP contribution in [0.1, 0.15) is 41.4 Å². The zero-order valence-electron chi connectivity index (χ0n) is 22.3. The molecule has 0 N–H and O–H groups in total. The van der Waals surface area contributed by atoms with Crippen molar-refractivity contribution < 1.29 is 47.6 Å². The van der Waals surface area contributed by atoms with E-state index in [1.807, 2.05) is 18.2 Å². The molecule has 0 heterocycles. The van der Waals surface area contributed by atoms with Crippen LogP contribution in [0.2, 0.25) is 0 Å². The number of fused-ring (bicyclic) bond motifs is 1. The van der Waals surface area contributed by atoms with E-state index >= 15 is 0 Å². The van der Waals surface area contributed by atoms with Crippen molar-refractivity contribution >= 4 is 23.9 Å². The lowest BCUT2D eigenvalue weighted by Crippen LogP contribution is -2.51. The number of rotatable bonds is 9. The fraction of sp³-hybridized carbons (Fsp3) is 0.429. The van der Waals surface area contributed by atoms with Gasteiger partial charge < -0.3 is 28.4 Å². The van der Waals surface area contributed by atoms with Gasteiger partial charge in [0.15, 0.2) is 11.3 Å². The van der Waals surface area contributed by atoms with Gasteiger partial charge in [-0.05, 0) is 53.8 Å². The van der Waals surface area contributed by atoms with Gasteiger partial charge in [0.1, 0.15) is 11.5 Å². The first-order valence-electron chi connectivity index (χ1n) is 11.9. The van der Waals surface area contributed by atoms with Gasteiger partial charge in [0, 0.05) is 11.8 Å². The summed E-state index contributed by atoms with van der Waals surface area (Å²) in [5.41, 5.74) is 0.229. The molecule has 0 radical (unpaired) electrons. The standard InChI is InChI=1S/C28H32O10/c1-33-17-9-7-16(8-10-17)22-15-28(26(31)37-5,27(32)38-6)23(14-21(24(29)35-3)25(30)36-4)19-12-11-18(34-2)13-20(19)22/h7-13,21-23H,14-15H2,1-6H3/t22-,23?/m1/s1. The van der Waals surface area contributed by atoms with Gasteiger partial charge in [0.25, 0.3) is 0 Å². The second kappa shape index (κ2) is 12.0. The van der Waals surface area contributed by atoms with E-state index in [2.05, 4.69) is 0 Å². The lowest BCUT2D eigenvalue weighted by atomic mass is 9.57. The summed E-state index contributed by atoms with van der Waals surface area (Å²) in [5.74, 6) is -5.08. The molecule has 1 unspecified atom stereocenters. The first-order chi connectivity index (χ1) is 18.2. The quantitative estimate of drug-likeness (QED) is 0.273. The summed E-state index contributed by atoms with van der Waals surface area (Å²) in [6.07, 6.45) is -0.323. The van der Waals surface area contributed by atoms with E-state index < -0.39 is 47.0 Å².